The van der Waals surface area contributed by atoms with Crippen LogP contribution in [0.25, 0.3) is 22.2 Å². The number of alkyl halides is 3. The van der Waals surface area contributed by atoms with Gasteiger partial charge in [0.2, 0.25) is 5.95 Å². The van der Waals surface area contributed by atoms with Crippen LogP contribution in [-0.2, 0) is 19.8 Å². The Labute approximate surface area is 246 Å². The molecular formula is C29H20Cl2F3N5O3. The lowest BCUT2D eigenvalue weighted by molar-refractivity contribution is -0.137. The predicted molar refractivity (Wildman–Crippen MR) is 155 cm³/mol. The lowest BCUT2D eigenvalue weighted by atomic mass is 10.0. The number of aliphatic hydroxyl groups is 1. The number of aromatic nitrogens is 3. The molecule has 8 nitrogen and oxygen atoms in total. The van der Waals surface area contributed by atoms with Gasteiger partial charge in [-0.1, -0.05) is 41.4 Å². The van der Waals surface area contributed by atoms with Crippen molar-refractivity contribution in [1.82, 2.24) is 14.5 Å². The van der Waals surface area contributed by atoms with Crippen molar-refractivity contribution >= 4 is 57.5 Å². The van der Waals surface area contributed by atoms with Crippen molar-refractivity contribution in [2.45, 2.75) is 12.8 Å². The summed E-state index contributed by atoms with van der Waals surface area (Å²) in [6.07, 6.45) is -3.12. The van der Waals surface area contributed by atoms with Gasteiger partial charge in [0.15, 0.2) is 0 Å². The minimum Gasteiger partial charge on any atom is -0.392 e. The van der Waals surface area contributed by atoms with Gasteiger partial charge in [-0.25, -0.2) is 4.98 Å². The van der Waals surface area contributed by atoms with Crippen LogP contribution in [0.3, 0.4) is 0 Å². The average Bonchev–Trinajstić information content (AvgIpc) is 2.97. The van der Waals surface area contributed by atoms with E-state index in [-0.39, 0.29) is 45.0 Å². The van der Waals surface area contributed by atoms with Crippen molar-refractivity contribution in [3.8, 4) is 11.1 Å². The van der Waals surface area contributed by atoms with Crippen LogP contribution < -0.4 is 16.2 Å². The maximum atomic E-state index is 13.5. The van der Waals surface area contributed by atoms with Gasteiger partial charge in [0.1, 0.15) is 5.65 Å². The summed E-state index contributed by atoms with van der Waals surface area (Å²) in [5.74, 6) is -0.614. The third kappa shape index (κ3) is 5.80. The first-order chi connectivity index (χ1) is 20.0. The molecule has 0 unspecified atom stereocenters. The number of rotatable bonds is 6. The van der Waals surface area contributed by atoms with Gasteiger partial charge < -0.3 is 15.7 Å². The van der Waals surface area contributed by atoms with E-state index in [1.807, 2.05) is 0 Å². The number of halogens is 5. The Balaban J connectivity index is 1.50. The van der Waals surface area contributed by atoms with Crippen molar-refractivity contribution in [3.05, 3.63) is 110 Å². The molecule has 1 amide bonds. The summed E-state index contributed by atoms with van der Waals surface area (Å²) in [6, 6.07) is 15.3. The molecule has 0 bridgehead atoms. The van der Waals surface area contributed by atoms with Crippen LogP contribution in [0, 0.1) is 0 Å². The highest BCUT2D eigenvalue weighted by molar-refractivity contribution is 6.41. The number of hydrogen-bond acceptors (Lipinski definition) is 6. The van der Waals surface area contributed by atoms with Crippen LogP contribution >= 0.6 is 23.2 Å². The largest absolute Gasteiger partial charge is 0.416 e. The van der Waals surface area contributed by atoms with E-state index in [4.69, 9.17) is 23.2 Å². The fraction of sp³-hybridized carbons (Fsp3) is 0.103. The van der Waals surface area contributed by atoms with Crippen LogP contribution in [0.5, 0.6) is 0 Å². The Kier molecular flexibility index (Phi) is 7.91. The second-order valence-electron chi connectivity index (χ2n) is 9.19. The SMILES string of the molecule is Cn1c(=O)c(-c2c(Cl)ccc(NC(=O)c3cccc(C(F)(F)F)c3)c2Cl)cc2cnc(Nc3cccc(CO)c3)nc21. The highest BCUT2D eigenvalue weighted by Crippen LogP contribution is 2.39. The number of fused-ring (bicyclic) bond motifs is 1. The Morgan fingerprint density at radius 2 is 1.81 bits per heavy atom. The Bertz CT molecular complexity index is 1910. The van der Waals surface area contributed by atoms with Gasteiger partial charge in [-0.3, -0.25) is 14.2 Å². The van der Waals surface area contributed by atoms with E-state index in [2.05, 4.69) is 20.6 Å². The van der Waals surface area contributed by atoms with Crippen molar-refractivity contribution in [1.29, 1.82) is 0 Å². The van der Waals surface area contributed by atoms with Crippen molar-refractivity contribution < 1.29 is 23.1 Å². The smallest absolute Gasteiger partial charge is 0.392 e. The van der Waals surface area contributed by atoms with Crippen LogP contribution in [0.15, 0.2) is 77.7 Å². The van der Waals surface area contributed by atoms with Gasteiger partial charge in [0.05, 0.1) is 33.5 Å². The minimum absolute atomic E-state index is 0.0431. The molecule has 13 heteroatoms. The van der Waals surface area contributed by atoms with Gasteiger partial charge in [0, 0.05) is 35.4 Å². The summed E-state index contributed by atoms with van der Waals surface area (Å²) in [5, 5.41) is 15.4. The van der Waals surface area contributed by atoms with Crippen LogP contribution in [0.2, 0.25) is 10.0 Å². The summed E-state index contributed by atoms with van der Waals surface area (Å²) in [6.45, 7) is -0.132. The molecule has 0 radical (unpaired) electrons. The predicted octanol–water partition coefficient (Wildman–Crippen LogP) is 6.81. The fourth-order valence-corrected chi connectivity index (χ4v) is 4.91. The molecule has 0 atom stereocenters. The maximum Gasteiger partial charge on any atom is 0.416 e. The lowest BCUT2D eigenvalue weighted by Gasteiger charge is -2.15. The highest BCUT2D eigenvalue weighted by Gasteiger charge is 2.31. The van der Waals surface area contributed by atoms with Crippen molar-refractivity contribution in [2.24, 2.45) is 7.05 Å². The molecule has 5 aromatic rings. The fourth-order valence-electron chi connectivity index (χ4n) is 4.29. The molecule has 2 heterocycles. The quantitative estimate of drug-likeness (QED) is 0.194. The van der Waals surface area contributed by atoms with Crippen LogP contribution in [-0.4, -0.2) is 25.5 Å². The molecule has 0 aliphatic rings. The minimum atomic E-state index is -4.62. The number of carbonyl (C=O) groups is 1. The third-order valence-electron chi connectivity index (χ3n) is 6.37. The summed E-state index contributed by atoms with van der Waals surface area (Å²) in [4.78, 5) is 35.0. The first-order valence-corrected chi connectivity index (χ1v) is 13.0. The normalized spacial score (nSPS) is 11.5. The monoisotopic (exact) mass is 613 g/mol. The molecule has 3 aromatic carbocycles. The summed E-state index contributed by atoms with van der Waals surface area (Å²) in [5.41, 5.74) is 0.188. The molecule has 0 saturated heterocycles. The number of nitrogens with one attached hydrogen (secondary N) is 2. The molecule has 42 heavy (non-hydrogen) atoms. The zero-order valence-electron chi connectivity index (χ0n) is 21.6. The highest BCUT2D eigenvalue weighted by atomic mass is 35.5. The van der Waals surface area contributed by atoms with E-state index < -0.39 is 23.2 Å². The molecule has 3 N–H and O–H groups in total. The van der Waals surface area contributed by atoms with Crippen molar-refractivity contribution in [3.63, 3.8) is 0 Å². The molecule has 214 valence electrons. The molecule has 0 saturated carbocycles. The summed E-state index contributed by atoms with van der Waals surface area (Å²) < 4.78 is 40.6. The number of pyridine rings is 1. The van der Waals surface area contributed by atoms with E-state index >= 15 is 0 Å². The van der Waals surface area contributed by atoms with E-state index in [1.165, 1.54) is 42.1 Å². The van der Waals surface area contributed by atoms with Gasteiger partial charge in [0.25, 0.3) is 11.5 Å². The first-order valence-electron chi connectivity index (χ1n) is 12.3. The molecule has 5 rings (SSSR count). The second-order valence-corrected chi connectivity index (χ2v) is 9.98. The first kappa shape index (κ1) is 29.1. The number of anilines is 3. The number of nitrogens with zero attached hydrogens (tertiary/aromatic N) is 3. The van der Waals surface area contributed by atoms with Crippen LogP contribution in [0.4, 0.5) is 30.5 Å². The second kappa shape index (κ2) is 11.4. The van der Waals surface area contributed by atoms with Gasteiger partial charge in [-0.05, 0) is 54.1 Å². The Morgan fingerprint density at radius 3 is 2.55 bits per heavy atom. The number of carbonyl (C=O) groups excluding carboxylic acids is 1. The summed E-state index contributed by atoms with van der Waals surface area (Å²) >= 11 is 13.1. The Hall–Kier alpha value is -4.45. The molecule has 2 aromatic heterocycles. The standard InChI is InChI=1S/C29H20Cl2F3N5O3/c1-39-25-17(13-35-28(38-25)36-19-7-2-4-15(10-19)14-40)12-20(27(39)42)23-21(30)8-9-22(24(23)31)37-26(41)16-5-3-6-18(11-16)29(32,33)34/h2-13,40H,14H2,1H3,(H,37,41)(H,35,36,38). The lowest BCUT2D eigenvalue weighted by Crippen LogP contribution is -2.20. The maximum absolute atomic E-state index is 13.5. The number of amides is 1. The molecule has 0 aliphatic heterocycles. The molecule has 0 fully saturated rings. The third-order valence-corrected chi connectivity index (χ3v) is 7.08. The van der Waals surface area contributed by atoms with Crippen LogP contribution in [0.1, 0.15) is 21.5 Å². The van der Waals surface area contributed by atoms with Gasteiger partial charge in [-0.2, -0.15) is 18.2 Å². The van der Waals surface area contributed by atoms with Crippen molar-refractivity contribution in [2.75, 3.05) is 10.6 Å². The number of aryl methyl sites for hydroxylation is 1. The zero-order chi connectivity index (χ0) is 30.2. The van der Waals surface area contributed by atoms with Gasteiger partial charge >= 0.3 is 6.18 Å². The van der Waals surface area contributed by atoms with E-state index in [1.54, 1.807) is 24.3 Å². The van der Waals surface area contributed by atoms with E-state index in [0.29, 0.717) is 22.3 Å². The molecule has 0 aliphatic carbocycles. The molecular weight excluding hydrogens is 594 g/mol. The number of hydrogen-bond donors (Lipinski definition) is 3. The summed E-state index contributed by atoms with van der Waals surface area (Å²) in [7, 11) is 1.51. The topological polar surface area (TPSA) is 109 Å². The molecule has 0 spiro atoms. The average molecular weight is 614 g/mol. The number of aliphatic hydroxyl groups excluding tert-OH is 1. The zero-order valence-corrected chi connectivity index (χ0v) is 23.1. The van der Waals surface area contributed by atoms with E-state index in [9.17, 15) is 27.9 Å². The Morgan fingerprint density at radius 1 is 1.05 bits per heavy atom. The van der Waals surface area contributed by atoms with Gasteiger partial charge in [-0.15, -0.1) is 0 Å². The number of benzene rings is 3. The van der Waals surface area contributed by atoms with E-state index in [0.717, 1.165) is 18.2 Å².